The summed E-state index contributed by atoms with van der Waals surface area (Å²) in [7, 11) is 11.9. The Hall–Kier alpha value is -4.52. The van der Waals surface area contributed by atoms with E-state index in [1.165, 1.54) is 0 Å². The van der Waals surface area contributed by atoms with Crippen molar-refractivity contribution in [1.82, 2.24) is 0 Å². The maximum Gasteiger partial charge on any atom is 0.133 e. The lowest BCUT2D eigenvalue weighted by Gasteiger charge is -2.33. The van der Waals surface area contributed by atoms with Gasteiger partial charge in [-0.05, 0) is 23.8 Å². The first-order chi connectivity index (χ1) is 19.0. The highest BCUT2D eigenvalue weighted by Gasteiger charge is 2.22. The third kappa shape index (κ3) is 5.67. The van der Waals surface area contributed by atoms with E-state index in [4.69, 9.17) is 28.4 Å². The molecule has 0 fully saturated rings. The third-order valence-electron chi connectivity index (χ3n) is 6.79. The number of ether oxygens (including phenoxy) is 6. The van der Waals surface area contributed by atoms with Crippen LogP contribution in [0.5, 0.6) is 34.5 Å². The van der Waals surface area contributed by atoms with E-state index in [1.807, 2.05) is 48.6 Å². The number of likely N-dealkylation sites (N-methyl/N-ethyl adjacent to an activating group) is 1. The maximum absolute atomic E-state index is 5.64. The van der Waals surface area contributed by atoms with E-state index >= 15 is 0 Å². The van der Waals surface area contributed by atoms with Gasteiger partial charge in [-0.2, -0.15) is 0 Å². The van der Waals surface area contributed by atoms with Crippen LogP contribution >= 0.6 is 0 Å². The molecule has 3 aromatic carbocycles. The Morgan fingerprint density at radius 2 is 1.10 bits per heavy atom. The number of fused-ring (bicyclic) bond motifs is 1. The zero-order chi connectivity index (χ0) is 27.9. The van der Waals surface area contributed by atoms with Crippen LogP contribution in [0.1, 0.15) is 16.7 Å². The second kappa shape index (κ2) is 12.3. The molecule has 0 saturated carbocycles. The van der Waals surface area contributed by atoms with Crippen LogP contribution in [0.15, 0.2) is 66.8 Å². The Balaban J connectivity index is 1.77. The molecule has 0 amide bonds. The van der Waals surface area contributed by atoms with Crippen molar-refractivity contribution in [2.75, 3.05) is 54.6 Å². The lowest BCUT2D eigenvalue weighted by atomic mass is 9.94. The molecule has 1 unspecified atom stereocenters. The van der Waals surface area contributed by atoms with Gasteiger partial charge in [0.2, 0.25) is 0 Å². The summed E-state index contributed by atoms with van der Waals surface area (Å²) < 4.78 is 33.4. The molecule has 7 nitrogen and oxygen atoms in total. The molecule has 0 aromatic heterocycles. The Morgan fingerprint density at radius 1 is 0.615 bits per heavy atom. The van der Waals surface area contributed by atoms with Crippen LogP contribution in [-0.2, 0) is 0 Å². The summed E-state index contributed by atoms with van der Waals surface area (Å²) in [6.45, 7) is 0. The highest BCUT2D eigenvalue weighted by atomic mass is 16.5. The molecular weight excluding hydrogens is 494 g/mol. The number of para-hydroxylation sites is 1. The lowest BCUT2D eigenvalue weighted by molar-refractivity contribution is 0.374. The molecule has 39 heavy (non-hydrogen) atoms. The summed E-state index contributed by atoms with van der Waals surface area (Å²) in [5.41, 5.74) is 5.00. The molecule has 0 spiro atoms. The highest BCUT2D eigenvalue weighted by molar-refractivity contribution is 5.90. The molecule has 0 N–H and O–H groups in total. The fourth-order valence-corrected chi connectivity index (χ4v) is 4.66. The molecule has 7 heteroatoms. The third-order valence-corrected chi connectivity index (χ3v) is 6.79. The molecule has 0 bridgehead atoms. The van der Waals surface area contributed by atoms with Gasteiger partial charge in [0, 0.05) is 42.6 Å². The van der Waals surface area contributed by atoms with Gasteiger partial charge < -0.3 is 33.3 Å². The monoisotopic (exact) mass is 529 g/mol. The molecule has 0 aliphatic carbocycles. The average molecular weight is 530 g/mol. The number of hydrogen-bond donors (Lipinski definition) is 0. The fourth-order valence-electron chi connectivity index (χ4n) is 4.66. The minimum Gasteiger partial charge on any atom is -0.496 e. The van der Waals surface area contributed by atoms with Gasteiger partial charge in [0.1, 0.15) is 34.5 Å². The van der Waals surface area contributed by atoms with Crippen molar-refractivity contribution in [3.8, 4) is 34.5 Å². The molecule has 204 valence electrons. The number of allylic oxidation sites excluding steroid dienone is 2. The van der Waals surface area contributed by atoms with Crippen molar-refractivity contribution in [1.29, 1.82) is 0 Å². The van der Waals surface area contributed by atoms with Crippen LogP contribution in [0.3, 0.4) is 0 Å². The van der Waals surface area contributed by atoms with Gasteiger partial charge in [-0.25, -0.2) is 0 Å². The first-order valence-corrected chi connectivity index (χ1v) is 12.5. The summed E-state index contributed by atoms with van der Waals surface area (Å²) in [5.74, 6) is 4.01. The molecule has 0 radical (unpaired) electrons. The Bertz CT molecular complexity index is 1360. The summed E-state index contributed by atoms with van der Waals surface area (Å²) in [5, 5.41) is 0. The zero-order valence-corrected chi connectivity index (χ0v) is 23.5. The van der Waals surface area contributed by atoms with Gasteiger partial charge in [-0.1, -0.05) is 36.4 Å². The molecule has 1 aliphatic heterocycles. The van der Waals surface area contributed by atoms with Gasteiger partial charge in [0.05, 0.1) is 59.8 Å². The standard InChI is InChI=1S/C32H35NO6/c1-33-22(13-15-27-31(38-6)19-24(35-3)20-32(27)39-7)16-21(25-10-8-9-11-28(25)33)12-14-26-29(36-4)17-23(34-2)18-30(26)37-5/h8-20,22H,1-7H3/b14-12+,15-13+. The molecular formula is C32H35NO6. The predicted octanol–water partition coefficient (Wildman–Crippen LogP) is 6.37. The van der Waals surface area contributed by atoms with E-state index < -0.39 is 0 Å². The van der Waals surface area contributed by atoms with E-state index in [2.05, 4.69) is 42.3 Å². The van der Waals surface area contributed by atoms with Crippen LogP contribution < -0.4 is 33.3 Å². The number of rotatable bonds is 10. The minimum absolute atomic E-state index is 0.0317. The molecule has 3 aromatic rings. The van der Waals surface area contributed by atoms with E-state index in [0.717, 1.165) is 28.0 Å². The number of hydrogen-bond acceptors (Lipinski definition) is 7. The SMILES string of the molecule is COc1cc(OC)c(/C=C/C2=CC(/C=C/c3c(OC)cc(OC)cc3OC)N(C)c3ccccc32)c(OC)c1. The number of nitrogens with zero attached hydrogens (tertiary/aromatic N) is 1. The number of anilines is 1. The first-order valence-electron chi connectivity index (χ1n) is 12.5. The fraction of sp³-hybridized carbons (Fsp3) is 0.250. The second-order valence-corrected chi connectivity index (χ2v) is 8.82. The van der Waals surface area contributed by atoms with Crippen molar-refractivity contribution in [2.24, 2.45) is 0 Å². The maximum atomic E-state index is 5.64. The van der Waals surface area contributed by atoms with Crippen molar-refractivity contribution >= 4 is 23.4 Å². The highest BCUT2D eigenvalue weighted by Crippen LogP contribution is 2.39. The van der Waals surface area contributed by atoms with Crippen molar-refractivity contribution in [2.45, 2.75) is 6.04 Å². The molecule has 0 saturated heterocycles. The van der Waals surface area contributed by atoms with Gasteiger partial charge in [-0.3, -0.25) is 0 Å². The van der Waals surface area contributed by atoms with Crippen molar-refractivity contribution < 1.29 is 28.4 Å². The van der Waals surface area contributed by atoms with E-state index in [-0.39, 0.29) is 6.04 Å². The lowest BCUT2D eigenvalue weighted by Crippen LogP contribution is -2.31. The molecule has 1 aliphatic rings. The van der Waals surface area contributed by atoms with Crippen LogP contribution in [0.2, 0.25) is 0 Å². The summed E-state index contributed by atoms with van der Waals surface area (Å²) in [4.78, 5) is 2.24. The Kier molecular flexibility index (Phi) is 8.71. The summed E-state index contributed by atoms with van der Waals surface area (Å²) >= 11 is 0. The largest absolute Gasteiger partial charge is 0.496 e. The minimum atomic E-state index is -0.0317. The summed E-state index contributed by atoms with van der Waals surface area (Å²) in [6, 6.07) is 15.7. The normalized spacial score (nSPS) is 14.7. The smallest absolute Gasteiger partial charge is 0.133 e. The van der Waals surface area contributed by atoms with Crippen LogP contribution in [0.4, 0.5) is 5.69 Å². The quantitative estimate of drug-likeness (QED) is 0.303. The number of benzene rings is 3. The number of methoxy groups -OCH3 is 6. The van der Waals surface area contributed by atoms with Gasteiger partial charge in [0.15, 0.2) is 0 Å². The molecule has 1 atom stereocenters. The molecule has 1 heterocycles. The molecule has 4 rings (SSSR count). The zero-order valence-electron chi connectivity index (χ0n) is 23.5. The summed E-state index contributed by atoms with van der Waals surface area (Å²) in [6.07, 6.45) is 10.5. The Labute approximate surface area is 230 Å². The average Bonchev–Trinajstić information content (AvgIpc) is 2.99. The van der Waals surface area contributed by atoms with Crippen LogP contribution in [0, 0.1) is 0 Å². The van der Waals surface area contributed by atoms with Crippen molar-refractivity contribution in [3.63, 3.8) is 0 Å². The van der Waals surface area contributed by atoms with E-state index in [0.29, 0.717) is 34.5 Å². The van der Waals surface area contributed by atoms with E-state index in [9.17, 15) is 0 Å². The van der Waals surface area contributed by atoms with Gasteiger partial charge in [0.25, 0.3) is 0 Å². The Morgan fingerprint density at radius 3 is 1.59 bits per heavy atom. The van der Waals surface area contributed by atoms with Crippen LogP contribution in [-0.4, -0.2) is 55.7 Å². The van der Waals surface area contributed by atoms with E-state index in [1.54, 1.807) is 42.7 Å². The van der Waals surface area contributed by atoms with Crippen molar-refractivity contribution in [3.05, 3.63) is 83.4 Å². The van der Waals surface area contributed by atoms with Gasteiger partial charge >= 0.3 is 0 Å². The second-order valence-electron chi connectivity index (χ2n) is 8.82. The predicted molar refractivity (Wildman–Crippen MR) is 157 cm³/mol. The topological polar surface area (TPSA) is 58.6 Å². The van der Waals surface area contributed by atoms with Crippen LogP contribution in [0.25, 0.3) is 17.7 Å². The van der Waals surface area contributed by atoms with Gasteiger partial charge in [-0.15, -0.1) is 0 Å². The first kappa shape index (κ1) is 27.5.